The number of nitro groups is 1. The number of aromatic nitrogens is 2. The first-order chi connectivity index (χ1) is 9.04. The second-order valence-corrected chi connectivity index (χ2v) is 5.27. The molecule has 8 heteroatoms. The maximum Gasteiger partial charge on any atom is 0.276 e. The lowest BCUT2D eigenvalue weighted by molar-refractivity contribution is -0.384. The number of halogens is 1. The Hall–Kier alpha value is -1.73. The lowest BCUT2D eigenvalue weighted by Crippen LogP contribution is -2.07. The molecular weight excluding hydrogens is 288 g/mol. The van der Waals surface area contributed by atoms with E-state index in [0.717, 1.165) is 17.1 Å². The van der Waals surface area contributed by atoms with Gasteiger partial charge in [0.15, 0.2) is 0 Å². The molecule has 0 aromatic carbocycles. The van der Waals surface area contributed by atoms with Crippen molar-refractivity contribution >= 4 is 34.4 Å². The van der Waals surface area contributed by atoms with E-state index in [0.29, 0.717) is 12.4 Å². The quantitative estimate of drug-likeness (QED) is 0.521. The van der Waals surface area contributed by atoms with Gasteiger partial charge >= 0.3 is 0 Å². The average Bonchev–Trinajstić information content (AvgIpc) is 2.74. The van der Waals surface area contributed by atoms with Crippen LogP contribution in [-0.4, -0.2) is 21.4 Å². The van der Waals surface area contributed by atoms with Crippen LogP contribution < -0.4 is 5.32 Å². The van der Waals surface area contributed by atoms with E-state index in [-0.39, 0.29) is 10.8 Å². The molecule has 0 unspecified atom stereocenters. The molecule has 0 saturated heterocycles. The van der Waals surface area contributed by atoms with Crippen LogP contribution in [0.2, 0.25) is 5.15 Å². The molecule has 2 aromatic rings. The Morgan fingerprint density at radius 1 is 1.47 bits per heavy atom. The smallest absolute Gasteiger partial charge is 0.276 e. The van der Waals surface area contributed by atoms with E-state index in [2.05, 4.69) is 15.3 Å². The highest BCUT2D eigenvalue weighted by Crippen LogP contribution is 2.20. The van der Waals surface area contributed by atoms with Crippen LogP contribution in [0.25, 0.3) is 0 Å². The predicted molar refractivity (Wildman–Crippen MR) is 74.9 cm³/mol. The molecular formula is C11H11ClN4O2S. The topological polar surface area (TPSA) is 81.0 Å². The monoisotopic (exact) mass is 298 g/mol. The highest BCUT2D eigenvalue weighted by molar-refractivity contribution is 7.09. The Kier molecular flexibility index (Phi) is 4.28. The normalized spacial score (nSPS) is 10.4. The molecule has 2 rings (SSSR count). The average molecular weight is 299 g/mol. The first kappa shape index (κ1) is 13.7. The molecule has 0 aliphatic heterocycles. The number of rotatable bonds is 5. The van der Waals surface area contributed by atoms with E-state index in [9.17, 15) is 10.1 Å². The van der Waals surface area contributed by atoms with Crippen LogP contribution in [0.3, 0.4) is 0 Å². The van der Waals surface area contributed by atoms with Gasteiger partial charge in [-0.25, -0.2) is 9.97 Å². The fourth-order valence-electron chi connectivity index (χ4n) is 1.52. The molecule has 0 aliphatic carbocycles. The largest absolute Gasteiger partial charge is 0.369 e. The molecule has 0 amide bonds. The van der Waals surface area contributed by atoms with Gasteiger partial charge in [0, 0.05) is 18.3 Å². The molecule has 0 spiro atoms. The summed E-state index contributed by atoms with van der Waals surface area (Å²) in [7, 11) is 0. The van der Waals surface area contributed by atoms with E-state index >= 15 is 0 Å². The van der Waals surface area contributed by atoms with Crippen LogP contribution in [-0.2, 0) is 6.42 Å². The Morgan fingerprint density at radius 3 is 2.89 bits per heavy atom. The summed E-state index contributed by atoms with van der Waals surface area (Å²) in [6, 6.07) is 2.58. The Balaban J connectivity index is 1.97. The van der Waals surface area contributed by atoms with Crippen LogP contribution in [0.5, 0.6) is 0 Å². The van der Waals surface area contributed by atoms with E-state index < -0.39 is 4.92 Å². The Bertz CT molecular complexity index is 602. The van der Waals surface area contributed by atoms with Gasteiger partial charge in [-0.1, -0.05) is 11.6 Å². The highest BCUT2D eigenvalue weighted by Gasteiger charge is 2.10. The standard InChI is InChI=1S/C11H11ClN4O2S/c1-7-14-8(6-19-7)2-3-13-11-5-9(16(17)18)4-10(12)15-11/h4-6H,2-3H2,1H3,(H,13,15). The second-order valence-electron chi connectivity index (χ2n) is 3.83. The molecule has 19 heavy (non-hydrogen) atoms. The molecule has 0 saturated carbocycles. The van der Waals surface area contributed by atoms with Crippen molar-refractivity contribution in [1.82, 2.24) is 9.97 Å². The summed E-state index contributed by atoms with van der Waals surface area (Å²) in [6.07, 6.45) is 0.729. The molecule has 100 valence electrons. The summed E-state index contributed by atoms with van der Waals surface area (Å²) in [5, 5.41) is 16.8. The number of nitrogens with zero attached hydrogens (tertiary/aromatic N) is 3. The van der Waals surface area contributed by atoms with Gasteiger partial charge in [0.1, 0.15) is 11.0 Å². The zero-order chi connectivity index (χ0) is 13.8. The zero-order valence-electron chi connectivity index (χ0n) is 10.1. The van der Waals surface area contributed by atoms with Crippen molar-refractivity contribution < 1.29 is 4.92 Å². The predicted octanol–water partition coefficient (Wildman–Crippen LogP) is 3.06. The summed E-state index contributed by atoms with van der Waals surface area (Å²) in [4.78, 5) is 18.5. The number of hydrogen-bond acceptors (Lipinski definition) is 6. The van der Waals surface area contributed by atoms with E-state index in [1.54, 1.807) is 11.3 Å². The molecule has 0 bridgehead atoms. The summed E-state index contributed by atoms with van der Waals surface area (Å²) < 4.78 is 0. The Morgan fingerprint density at radius 2 is 2.26 bits per heavy atom. The van der Waals surface area contributed by atoms with E-state index in [1.165, 1.54) is 12.1 Å². The van der Waals surface area contributed by atoms with Crippen molar-refractivity contribution in [3.63, 3.8) is 0 Å². The molecule has 0 atom stereocenters. The number of pyridine rings is 1. The van der Waals surface area contributed by atoms with Gasteiger partial charge in [-0.05, 0) is 6.92 Å². The third-order valence-corrected chi connectivity index (χ3v) is 3.36. The minimum absolute atomic E-state index is 0.0768. The van der Waals surface area contributed by atoms with Crippen molar-refractivity contribution in [3.05, 3.63) is 43.5 Å². The fourth-order valence-corrected chi connectivity index (χ4v) is 2.37. The van der Waals surface area contributed by atoms with Crippen LogP contribution in [0, 0.1) is 17.0 Å². The van der Waals surface area contributed by atoms with Gasteiger partial charge in [0.05, 0.1) is 27.8 Å². The van der Waals surface area contributed by atoms with Crippen LogP contribution in [0.15, 0.2) is 17.5 Å². The number of aryl methyl sites for hydroxylation is 1. The summed E-state index contributed by atoms with van der Waals surface area (Å²) in [6.45, 7) is 2.54. The summed E-state index contributed by atoms with van der Waals surface area (Å²) >= 11 is 7.32. The molecule has 0 aliphatic rings. The lowest BCUT2D eigenvalue weighted by Gasteiger charge is -2.04. The molecule has 2 heterocycles. The van der Waals surface area contributed by atoms with Crippen LogP contribution in [0.1, 0.15) is 10.7 Å². The molecule has 0 radical (unpaired) electrons. The highest BCUT2D eigenvalue weighted by atomic mass is 35.5. The number of nitrogens with one attached hydrogen (secondary N) is 1. The minimum atomic E-state index is -0.497. The lowest BCUT2D eigenvalue weighted by atomic mass is 10.3. The van der Waals surface area contributed by atoms with E-state index in [4.69, 9.17) is 11.6 Å². The first-order valence-corrected chi connectivity index (χ1v) is 6.77. The third kappa shape index (κ3) is 3.87. The number of anilines is 1. The minimum Gasteiger partial charge on any atom is -0.369 e. The summed E-state index contributed by atoms with van der Waals surface area (Å²) in [5.74, 6) is 0.395. The molecule has 6 nitrogen and oxygen atoms in total. The van der Waals surface area contributed by atoms with Crippen molar-refractivity contribution in [3.8, 4) is 0 Å². The SMILES string of the molecule is Cc1nc(CCNc2cc([N+](=O)[O-])cc(Cl)n2)cs1. The molecule has 1 N–H and O–H groups in total. The number of thiazole rings is 1. The maximum absolute atomic E-state index is 10.7. The van der Waals surface area contributed by atoms with Crippen molar-refractivity contribution in [2.75, 3.05) is 11.9 Å². The maximum atomic E-state index is 10.7. The molecule has 0 fully saturated rings. The third-order valence-electron chi connectivity index (χ3n) is 2.34. The second kappa shape index (κ2) is 5.94. The van der Waals surface area contributed by atoms with Gasteiger partial charge in [0.2, 0.25) is 0 Å². The van der Waals surface area contributed by atoms with Crippen molar-refractivity contribution in [2.45, 2.75) is 13.3 Å². The van der Waals surface area contributed by atoms with Crippen molar-refractivity contribution in [2.24, 2.45) is 0 Å². The first-order valence-electron chi connectivity index (χ1n) is 5.51. The fraction of sp³-hybridized carbons (Fsp3) is 0.273. The number of hydrogen-bond donors (Lipinski definition) is 1. The van der Waals surface area contributed by atoms with Gasteiger partial charge in [-0.3, -0.25) is 10.1 Å². The Labute approximate surface area is 118 Å². The summed E-state index contributed by atoms with van der Waals surface area (Å²) in [5.41, 5.74) is 0.915. The van der Waals surface area contributed by atoms with Gasteiger partial charge < -0.3 is 5.32 Å². The van der Waals surface area contributed by atoms with Crippen LogP contribution in [0.4, 0.5) is 11.5 Å². The van der Waals surface area contributed by atoms with Gasteiger partial charge in [0.25, 0.3) is 5.69 Å². The molecule has 2 aromatic heterocycles. The van der Waals surface area contributed by atoms with Crippen LogP contribution >= 0.6 is 22.9 Å². The van der Waals surface area contributed by atoms with Crippen molar-refractivity contribution in [1.29, 1.82) is 0 Å². The van der Waals surface area contributed by atoms with E-state index in [1.807, 2.05) is 12.3 Å². The zero-order valence-corrected chi connectivity index (χ0v) is 11.7. The van der Waals surface area contributed by atoms with Gasteiger partial charge in [-0.15, -0.1) is 11.3 Å². The van der Waals surface area contributed by atoms with Gasteiger partial charge in [-0.2, -0.15) is 0 Å².